The summed E-state index contributed by atoms with van der Waals surface area (Å²) in [4.78, 5) is 2.74. The lowest BCUT2D eigenvalue weighted by molar-refractivity contribution is 0.248. The Morgan fingerprint density at radius 3 is 2.46 bits per heavy atom. The Hall–Kier alpha value is -1.40. The molecule has 3 rings (SSSR count). The smallest absolute Gasteiger partial charge is 0.240 e. The SMILES string of the molecule is O=S(=O)(NCCCCCN1CCc2ccccc2C1)c1ccc(Cl)cc1. The molecule has 140 valence electrons. The molecule has 6 heteroatoms. The van der Waals surface area contributed by atoms with E-state index in [9.17, 15) is 8.42 Å². The molecule has 0 aromatic heterocycles. The quantitative estimate of drug-likeness (QED) is 0.694. The van der Waals surface area contributed by atoms with Crippen molar-refractivity contribution in [2.24, 2.45) is 0 Å². The average Bonchev–Trinajstić information content (AvgIpc) is 2.65. The van der Waals surface area contributed by atoms with Gasteiger partial charge in [0.05, 0.1) is 4.90 Å². The van der Waals surface area contributed by atoms with E-state index >= 15 is 0 Å². The van der Waals surface area contributed by atoms with Crippen molar-refractivity contribution in [2.45, 2.75) is 37.1 Å². The minimum atomic E-state index is -3.44. The van der Waals surface area contributed by atoms with E-state index in [2.05, 4.69) is 33.9 Å². The first-order chi connectivity index (χ1) is 12.5. The Morgan fingerprint density at radius 1 is 0.962 bits per heavy atom. The van der Waals surface area contributed by atoms with Crippen molar-refractivity contribution in [3.05, 3.63) is 64.7 Å². The van der Waals surface area contributed by atoms with Crippen LogP contribution in [0.3, 0.4) is 0 Å². The molecule has 0 bridgehead atoms. The largest absolute Gasteiger partial charge is 0.299 e. The van der Waals surface area contributed by atoms with E-state index in [4.69, 9.17) is 11.6 Å². The Morgan fingerprint density at radius 2 is 1.69 bits per heavy atom. The Bertz CT molecular complexity index is 822. The zero-order valence-electron chi connectivity index (χ0n) is 14.8. The van der Waals surface area contributed by atoms with E-state index < -0.39 is 10.0 Å². The minimum Gasteiger partial charge on any atom is -0.299 e. The zero-order chi connectivity index (χ0) is 18.4. The number of rotatable bonds is 8. The van der Waals surface area contributed by atoms with Crippen LogP contribution < -0.4 is 4.72 Å². The molecule has 0 fully saturated rings. The van der Waals surface area contributed by atoms with Crippen LogP contribution in [-0.4, -0.2) is 33.0 Å². The predicted molar refractivity (Wildman–Crippen MR) is 106 cm³/mol. The maximum Gasteiger partial charge on any atom is 0.240 e. The number of hydrogen-bond acceptors (Lipinski definition) is 3. The molecule has 0 amide bonds. The Balaban J connectivity index is 1.34. The van der Waals surface area contributed by atoms with Gasteiger partial charge < -0.3 is 0 Å². The van der Waals surface area contributed by atoms with Crippen molar-refractivity contribution in [1.82, 2.24) is 9.62 Å². The topological polar surface area (TPSA) is 49.4 Å². The van der Waals surface area contributed by atoms with Crippen LogP contribution in [0.1, 0.15) is 30.4 Å². The van der Waals surface area contributed by atoms with Gasteiger partial charge in [0.2, 0.25) is 10.0 Å². The van der Waals surface area contributed by atoms with Gasteiger partial charge in [0.15, 0.2) is 0 Å². The van der Waals surface area contributed by atoms with Gasteiger partial charge in [-0.05, 0) is 61.2 Å². The molecule has 0 aliphatic carbocycles. The van der Waals surface area contributed by atoms with Crippen LogP contribution >= 0.6 is 11.6 Å². The van der Waals surface area contributed by atoms with Crippen molar-refractivity contribution in [2.75, 3.05) is 19.6 Å². The molecule has 0 unspecified atom stereocenters. The summed E-state index contributed by atoms with van der Waals surface area (Å²) >= 11 is 5.80. The molecule has 0 saturated carbocycles. The third-order valence-electron chi connectivity index (χ3n) is 4.78. The van der Waals surface area contributed by atoms with Crippen LogP contribution in [0.5, 0.6) is 0 Å². The molecule has 26 heavy (non-hydrogen) atoms. The van der Waals surface area contributed by atoms with Crippen LogP contribution in [0.4, 0.5) is 0 Å². The number of fused-ring (bicyclic) bond motifs is 1. The molecule has 2 aromatic rings. The van der Waals surface area contributed by atoms with Crippen molar-refractivity contribution < 1.29 is 8.42 Å². The summed E-state index contributed by atoms with van der Waals surface area (Å²) in [5.41, 5.74) is 2.91. The normalized spacial score (nSPS) is 15.0. The average molecular weight is 393 g/mol. The fourth-order valence-electron chi connectivity index (χ4n) is 3.29. The molecule has 0 saturated heterocycles. The lowest BCUT2D eigenvalue weighted by Crippen LogP contribution is -2.31. The number of unbranched alkanes of at least 4 members (excludes halogenated alkanes) is 2. The lowest BCUT2D eigenvalue weighted by atomic mass is 10.00. The highest BCUT2D eigenvalue weighted by atomic mass is 35.5. The summed E-state index contributed by atoms with van der Waals surface area (Å²) < 4.78 is 27.0. The van der Waals surface area contributed by atoms with E-state index in [1.54, 1.807) is 12.1 Å². The van der Waals surface area contributed by atoms with Crippen LogP contribution in [0, 0.1) is 0 Å². The molecule has 1 heterocycles. The van der Waals surface area contributed by atoms with E-state index in [1.807, 2.05) is 0 Å². The maximum atomic E-state index is 12.2. The number of halogens is 1. The van der Waals surface area contributed by atoms with Crippen molar-refractivity contribution in [3.63, 3.8) is 0 Å². The van der Waals surface area contributed by atoms with Crippen molar-refractivity contribution in [3.8, 4) is 0 Å². The van der Waals surface area contributed by atoms with Gasteiger partial charge in [0.1, 0.15) is 0 Å². The highest BCUT2D eigenvalue weighted by molar-refractivity contribution is 7.89. The molecule has 2 aromatic carbocycles. The molecule has 0 atom stereocenters. The number of nitrogens with zero attached hydrogens (tertiary/aromatic N) is 1. The second-order valence-corrected chi connectivity index (χ2v) is 8.91. The van der Waals surface area contributed by atoms with E-state index in [0.29, 0.717) is 11.6 Å². The van der Waals surface area contributed by atoms with Gasteiger partial charge in [-0.1, -0.05) is 42.3 Å². The second-order valence-electron chi connectivity index (χ2n) is 6.71. The standard InChI is InChI=1S/C20H25ClN2O2S/c21-19-8-10-20(11-9-19)26(24,25)22-13-4-1-5-14-23-15-12-17-6-2-3-7-18(17)16-23/h2-3,6-11,22H,1,4-5,12-16H2. The number of sulfonamides is 1. The summed E-state index contributed by atoms with van der Waals surface area (Å²) in [5.74, 6) is 0. The first kappa shape index (κ1) is 19.4. The molecule has 4 nitrogen and oxygen atoms in total. The maximum absolute atomic E-state index is 12.2. The van der Waals surface area contributed by atoms with Gasteiger partial charge in [0, 0.05) is 24.7 Å². The van der Waals surface area contributed by atoms with Gasteiger partial charge in [-0.2, -0.15) is 0 Å². The molecular formula is C20H25ClN2O2S. The summed E-state index contributed by atoms with van der Waals surface area (Å²) in [6.45, 7) is 3.67. The first-order valence-corrected chi connectivity index (χ1v) is 10.9. The van der Waals surface area contributed by atoms with E-state index in [1.165, 1.54) is 23.3 Å². The Kier molecular flexibility index (Phi) is 6.70. The fourth-order valence-corrected chi connectivity index (χ4v) is 4.49. The van der Waals surface area contributed by atoms with E-state index in [0.717, 1.165) is 45.3 Å². The fraction of sp³-hybridized carbons (Fsp3) is 0.400. The molecule has 0 radical (unpaired) electrons. The van der Waals surface area contributed by atoms with Crippen molar-refractivity contribution >= 4 is 21.6 Å². The third-order valence-corrected chi connectivity index (χ3v) is 6.51. The number of benzene rings is 2. The van der Waals surface area contributed by atoms with Gasteiger partial charge in [0.25, 0.3) is 0 Å². The van der Waals surface area contributed by atoms with Gasteiger partial charge in [-0.15, -0.1) is 0 Å². The molecule has 1 aliphatic heterocycles. The van der Waals surface area contributed by atoms with Gasteiger partial charge in [-0.3, -0.25) is 4.90 Å². The summed E-state index contributed by atoms with van der Waals surface area (Å²) in [7, 11) is -3.44. The van der Waals surface area contributed by atoms with Gasteiger partial charge in [-0.25, -0.2) is 13.1 Å². The highest BCUT2D eigenvalue weighted by Crippen LogP contribution is 2.19. The molecular weight excluding hydrogens is 368 g/mol. The Labute approximate surface area is 161 Å². The molecule has 0 spiro atoms. The second kappa shape index (κ2) is 9.00. The van der Waals surface area contributed by atoms with E-state index in [-0.39, 0.29) is 4.90 Å². The summed E-state index contributed by atoms with van der Waals surface area (Å²) in [5, 5.41) is 0.532. The first-order valence-electron chi connectivity index (χ1n) is 9.09. The number of nitrogens with one attached hydrogen (secondary N) is 1. The summed E-state index contributed by atoms with van der Waals surface area (Å²) in [6, 6.07) is 14.9. The lowest BCUT2D eigenvalue weighted by Gasteiger charge is -2.28. The predicted octanol–water partition coefficient (Wildman–Crippen LogP) is 3.85. The van der Waals surface area contributed by atoms with Crippen LogP contribution in [0.25, 0.3) is 0 Å². The van der Waals surface area contributed by atoms with Crippen LogP contribution in [0.2, 0.25) is 5.02 Å². The van der Waals surface area contributed by atoms with Crippen LogP contribution in [-0.2, 0) is 23.0 Å². The zero-order valence-corrected chi connectivity index (χ0v) is 16.4. The van der Waals surface area contributed by atoms with Crippen molar-refractivity contribution in [1.29, 1.82) is 0 Å². The monoisotopic (exact) mass is 392 g/mol. The van der Waals surface area contributed by atoms with Crippen LogP contribution in [0.15, 0.2) is 53.4 Å². The van der Waals surface area contributed by atoms with Gasteiger partial charge >= 0.3 is 0 Å². The summed E-state index contributed by atoms with van der Waals surface area (Å²) in [6.07, 6.45) is 4.07. The molecule has 1 aliphatic rings. The molecule has 1 N–H and O–H groups in total. The third kappa shape index (κ3) is 5.30. The minimum absolute atomic E-state index is 0.258. The number of hydrogen-bond donors (Lipinski definition) is 1. The highest BCUT2D eigenvalue weighted by Gasteiger charge is 2.15.